The van der Waals surface area contributed by atoms with E-state index in [9.17, 15) is 14.7 Å². The number of aryl methyl sites for hydroxylation is 1. The number of piperidine rings is 1. The minimum absolute atomic E-state index is 0.0335. The second kappa shape index (κ2) is 17.0. The van der Waals surface area contributed by atoms with Gasteiger partial charge >= 0.3 is 6.09 Å². The zero-order valence-corrected chi connectivity index (χ0v) is 28.2. The molecule has 1 aliphatic rings. The van der Waals surface area contributed by atoms with Gasteiger partial charge in [-0.05, 0) is 78.8 Å². The highest BCUT2D eigenvalue weighted by Crippen LogP contribution is 2.46. The summed E-state index contributed by atoms with van der Waals surface area (Å²) in [6.45, 7) is 5.02. The zero-order chi connectivity index (χ0) is 32.2. The Morgan fingerprint density at radius 2 is 1.89 bits per heavy atom. The maximum Gasteiger partial charge on any atom is 0.406 e. The van der Waals surface area contributed by atoms with E-state index in [1.54, 1.807) is 0 Å². The molecule has 2 atom stereocenters. The first kappa shape index (κ1) is 34.8. The number of carbonyl (C=O) groups excluding carboxylic acids is 2. The Morgan fingerprint density at radius 3 is 2.62 bits per heavy atom. The fourth-order valence-electron chi connectivity index (χ4n) is 6.17. The van der Waals surface area contributed by atoms with Crippen LogP contribution in [0.2, 0.25) is 5.02 Å². The quantitative estimate of drug-likeness (QED) is 0.164. The van der Waals surface area contributed by atoms with Gasteiger partial charge in [-0.25, -0.2) is 4.79 Å². The highest BCUT2D eigenvalue weighted by molar-refractivity contribution is 7.98. The van der Waals surface area contributed by atoms with E-state index in [0.29, 0.717) is 36.5 Å². The summed E-state index contributed by atoms with van der Waals surface area (Å²) in [5, 5.41) is 19.2. The summed E-state index contributed by atoms with van der Waals surface area (Å²) in [6.07, 6.45) is 4.77. The average molecular weight is 652 g/mol. The predicted molar refractivity (Wildman–Crippen MR) is 185 cm³/mol. The number of alkyl carbamates (subject to hydrolysis) is 1. The number of thioether (sulfide) groups is 1. The lowest BCUT2D eigenvalue weighted by Gasteiger charge is -2.43. The minimum Gasteiger partial charge on any atom is -0.450 e. The largest absolute Gasteiger partial charge is 0.450 e. The number of halogens is 1. The maximum absolute atomic E-state index is 13.7. The van der Waals surface area contributed by atoms with Crippen LogP contribution in [0.4, 0.5) is 4.79 Å². The smallest absolute Gasteiger partial charge is 0.406 e. The fraction of sp³-hybridized carbons (Fsp3) is 0.444. The molecule has 3 aromatic rings. The van der Waals surface area contributed by atoms with Crippen molar-refractivity contribution in [1.82, 2.24) is 15.5 Å². The lowest BCUT2D eigenvalue weighted by molar-refractivity contribution is -0.0588. The van der Waals surface area contributed by atoms with Gasteiger partial charge < -0.3 is 25.4 Å². The number of amides is 2. The molecule has 1 heterocycles. The molecule has 9 heteroatoms. The van der Waals surface area contributed by atoms with Crippen molar-refractivity contribution in [2.75, 3.05) is 45.3 Å². The Labute approximate surface area is 277 Å². The van der Waals surface area contributed by atoms with E-state index in [1.807, 2.05) is 71.3 Å². The Kier molecular flexibility index (Phi) is 13.2. The number of rotatable bonds is 14. The standard InChI is InChI=1S/C36H46ClN3O4S/c1-4-26-9-5-10-29(23-26)33-31(12-6-13-32(33)37)36(43,18-8-21-44-35(42)38-2)30-11-7-20-40(25-30)34(41)28-16-14-27(15-17-28)24-39-19-22-45-3/h5-6,9-10,12-17,23,30,39,43H,4,7-8,11,18-22,24-25H2,1-3H3,(H,38,42)/t30-,36?/m1/s1. The summed E-state index contributed by atoms with van der Waals surface area (Å²) in [7, 11) is 1.52. The van der Waals surface area contributed by atoms with Gasteiger partial charge in [0, 0.05) is 61.0 Å². The third-order valence-corrected chi connectivity index (χ3v) is 9.57. The molecule has 0 radical (unpaired) electrons. The maximum atomic E-state index is 13.7. The Morgan fingerprint density at radius 1 is 1.11 bits per heavy atom. The van der Waals surface area contributed by atoms with Gasteiger partial charge in [0.05, 0.1) is 12.2 Å². The molecule has 1 fully saturated rings. The van der Waals surface area contributed by atoms with Gasteiger partial charge in [-0.15, -0.1) is 0 Å². The molecule has 0 bridgehead atoms. The fourth-order valence-corrected chi connectivity index (χ4v) is 6.80. The lowest BCUT2D eigenvalue weighted by atomic mass is 9.72. The summed E-state index contributed by atoms with van der Waals surface area (Å²) in [5.74, 6) is 0.776. The summed E-state index contributed by atoms with van der Waals surface area (Å²) in [4.78, 5) is 27.4. The van der Waals surface area contributed by atoms with Crippen molar-refractivity contribution in [1.29, 1.82) is 0 Å². The highest BCUT2D eigenvalue weighted by atomic mass is 35.5. The molecule has 3 N–H and O–H groups in total. The van der Waals surface area contributed by atoms with Gasteiger partial charge in [0.2, 0.25) is 0 Å². The van der Waals surface area contributed by atoms with Crippen LogP contribution in [0.5, 0.6) is 0 Å². The van der Waals surface area contributed by atoms with E-state index in [1.165, 1.54) is 12.6 Å². The molecule has 0 aliphatic carbocycles. The van der Waals surface area contributed by atoms with E-state index in [0.717, 1.165) is 60.4 Å². The van der Waals surface area contributed by atoms with Crippen molar-refractivity contribution in [2.45, 2.75) is 51.2 Å². The molecule has 45 heavy (non-hydrogen) atoms. The molecular weight excluding hydrogens is 606 g/mol. The monoisotopic (exact) mass is 651 g/mol. The normalized spacial score (nSPS) is 16.2. The number of aliphatic hydroxyl groups is 1. The van der Waals surface area contributed by atoms with Crippen LogP contribution in [0.25, 0.3) is 11.1 Å². The molecule has 1 aliphatic heterocycles. The summed E-state index contributed by atoms with van der Waals surface area (Å²) in [5.41, 5.74) is 4.12. The predicted octanol–water partition coefficient (Wildman–Crippen LogP) is 6.90. The summed E-state index contributed by atoms with van der Waals surface area (Å²) < 4.78 is 5.28. The van der Waals surface area contributed by atoms with Gasteiger partial charge in [0.25, 0.3) is 5.91 Å². The molecule has 242 valence electrons. The molecule has 0 spiro atoms. The van der Waals surface area contributed by atoms with Crippen LogP contribution in [0.3, 0.4) is 0 Å². The van der Waals surface area contributed by atoms with Crippen LogP contribution in [-0.4, -0.2) is 67.3 Å². The first-order valence-electron chi connectivity index (χ1n) is 15.8. The van der Waals surface area contributed by atoms with Crippen LogP contribution >= 0.6 is 23.4 Å². The SMILES string of the molecule is CCc1cccc(-c2c(Cl)cccc2C(O)(CCCOC(=O)NC)[C@@H]2CCCN(C(=O)c3ccc(CNCCSC)cc3)C2)c1. The summed E-state index contributed by atoms with van der Waals surface area (Å²) in [6, 6.07) is 21.7. The van der Waals surface area contributed by atoms with Crippen molar-refractivity contribution >= 4 is 35.4 Å². The van der Waals surface area contributed by atoms with Crippen LogP contribution in [-0.2, 0) is 23.3 Å². The van der Waals surface area contributed by atoms with Crippen LogP contribution in [0.1, 0.15) is 59.7 Å². The number of ether oxygens (including phenoxy) is 1. The summed E-state index contributed by atoms with van der Waals surface area (Å²) >= 11 is 8.70. The van der Waals surface area contributed by atoms with E-state index in [2.05, 4.69) is 35.9 Å². The van der Waals surface area contributed by atoms with E-state index >= 15 is 0 Å². The van der Waals surface area contributed by atoms with E-state index in [-0.39, 0.29) is 18.4 Å². The molecule has 0 aromatic heterocycles. The Hall–Kier alpha value is -3.04. The van der Waals surface area contributed by atoms with Gasteiger partial charge in [0.1, 0.15) is 0 Å². The highest BCUT2D eigenvalue weighted by Gasteiger charge is 2.43. The van der Waals surface area contributed by atoms with Crippen molar-refractivity contribution < 1.29 is 19.4 Å². The molecule has 2 amide bonds. The number of nitrogens with one attached hydrogen (secondary N) is 2. The number of likely N-dealkylation sites (tertiary alicyclic amines) is 1. The van der Waals surface area contributed by atoms with Crippen molar-refractivity contribution in [3.8, 4) is 11.1 Å². The zero-order valence-electron chi connectivity index (χ0n) is 26.6. The van der Waals surface area contributed by atoms with Crippen LogP contribution in [0, 0.1) is 5.92 Å². The van der Waals surface area contributed by atoms with Gasteiger partial charge in [-0.1, -0.05) is 67.1 Å². The molecule has 1 saturated heterocycles. The topological polar surface area (TPSA) is 90.9 Å². The molecule has 1 unspecified atom stereocenters. The first-order chi connectivity index (χ1) is 21.8. The van der Waals surface area contributed by atoms with Crippen molar-refractivity contribution in [3.05, 3.63) is 94.0 Å². The van der Waals surface area contributed by atoms with Gasteiger partial charge in [-0.2, -0.15) is 11.8 Å². The number of hydrogen-bond acceptors (Lipinski definition) is 6. The number of nitrogens with zero attached hydrogens (tertiary/aromatic N) is 1. The third-order valence-electron chi connectivity index (χ3n) is 8.64. The lowest BCUT2D eigenvalue weighted by Crippen LogP contribution is -2.48. The minimum atomic E-state index is -1.32. The molecule has 4 rings (SSSR count). The number of hydrogen-bond donors (Lipinski definition) is 3. The molecular formula is C36H46ClN3O4S. The van der Waals surface area contributed by atoms with Gasteiger partial charge in [-0.3, -0.25) is 4.79 Å². The molecule has 3 aromatic carbocycles. The third kappa shape index (κ3) is 9.03. The van der Waals surface area contributed by atoms with Crippen LogP contribution < -0.4 is 10.6 Å². The molecule has 7 nitrogen and oxygen atoms in total. The van der Waals surface area contributed by atoms with Crippen molar-refractivity contribution in [2.24, 2.45) is 5.92 Å². The van der Waals surface area contributed by atoms with E-state index in [4.69, 9.17) is 16.3 Å². The Balaban J connectivity index is 1.62. The van der Waals surface area contributed by atoms with Crippen molar-refractivity contribution in [3.63, 3.8) is 0 Å². The van der Waals surface area contributed by atoms with Crippen LogP contribution in [0.15, 0.2) is 66.7 Å². The second-order valence-corrected chi connectivity index (χ2v) is 13.0. The second-order valence-electron chi connectivity index (χ2n) is 11.6. The number of benzene rings is 3. The average Bonchev–Trinajstić information content (AvgIpc) is 3.08. The first-order valence-corrected chi connectivity index (χ1v) is 17.6. The molecule has 0 saturated carbocycles. The van der Waals surface area contributed by atoms with E-state index < -0.39 is 11.7 Å². The number of carbonyl (C=O) groups is 2. The van der Waals surface area contributed by atoms with Gasteiger partial charge in [0.15, 0.2) is 0 Å². The Bertz CT molecular complexity index is 1420.